The summed E-state index contributed by atoms with van der Waals surface area (Å²) in [6.07, 6.45) is 0.625. The summed E-state index contributed by atoms with van der Waals surface area (Å²) in [4.78, 5) is 25.6. The Balaban J connectivity index is 2.00. The van der Waals surface area contributed by atoms with Crippen molar-refractivity contribution in [2.75, 3.05) is 0 Å². The van der Waals surface area contributed by atoms with Gasteiger partial charge in [-0.1, -0.05) is 24.3 Å². The number of hydrogen-bond donors (Lipinski definition) is 1. The minimum Gasteiger partial charge on any atom is -0.343 e. The van der Waals surface area contributed by atoms with Crippen LogP contribution in [0.4, 0.5) is 0 Å². The van der Waals surface area contributed by atoms with E-state index in [9.17, 15) is 9.59 Å². The van der Waals surface area contributed by atoms with Crippen molar-refractivity contribution in [3.05, 3.63) is 35.4 Å². The highest BCUT2D eigenvalue weighted by molar-refractivity contribution is 5.97. The Labute approximate surface area is 99.6 Å². The molecule has 1 aromatic rings. The van der Waals surface area contributed by atoms with E-state index < -0.39 is 6.04 Å². The Morgan fingerprint density at radius 2 is 1.94 bits per heavy atom. The first-order chi connectivity index (χ1) is 8.16. The molecule has 2 aliphatic heterocycles. The average molecular weight is 230 g/mol. The van der Waals surface area contributed by atoms with Crippen LogP contribution in [0.1, 0.15) is 18.1 Å². The van der Waals surface area contributed by atoms with E-state index in [1.54, 1.807) is 11.8 Å². The van der Waals surface area contributed by atoms with Gasteiger partial charge in [-0.25, -0.2) is 0 Å². The molecule has 0 unspecified atom stereocenters. The van der Waals surface area contributed by atoms with Gasteiger partial charge in [-0.15, -0.1) is 0 Å². The second-order valence-electron chi connectivity index (χ2n) is 4.69. The van der Waals surface area contributed by atoms with Gasteiger partial charge >= 0.3 is 0 Å². The normalized spacial score (nSPS) is 27.2. The maximum Gasteiger partial charge on any atom is 0.245 e. The molecule has 1 fully saturated rings. The van der Waals surface area contributed by atoms with Crippen LogP contribution in [0, 0.1) is 0 Å². The molecule has 0 bridgehead atoms. The third-order valence-corrected chi connectivity index (χ3v) is 3.56. The number of piperazine rings is 1. The topological polar surface area (TPSA) is 49.4 Å². The lowest BCUT2D eigenvalue weighted by molar-refractivity contribution is -0.150. The Kier molecular flexibility index (Phi) is 2.18. The van der Waals surface area contributed by atoms with Crippen molar-refractivity contribution in [1.82, 2.24) is 10.2 Å². The number of amides is 2. The van der Waals surface area contributed by atoms with Gasteiger partial charge in [0.25, 0.3) is 0 Å². The molecule has 2 heterocycles. The zero-order valence-corrected chi connectivity index (χ0v) is 9.64. The quantitative estimate of drug-likeness (QED) is 0.704. The lowest BCUT2D eigenvalue weighted by atomic mass is 9.91. The van der Waals surface area contributed by atoms with Gasteiger partial charge in [0.05, 0.1) is 0 Å². The molecule has 4 heteroatoms. The van der Waals surface area contributed by atoms with E-state index in [1.165, 1.54) is 5.56 Å². The summed E-state index contributed by atoms with van der Waals surface area (Å²) in [6, 6.07) is 7.27. The summed E-state index contributed by atoms with van der Waals surface area (Å²) in [7, 11) is 0. The molecule has 0 radical (unpaired) electrons. The monoisotopic (exact) mass is 230 g/mol. The van der Waals surface area contributed by atoms with Gasteiger partial charge in [-0.3, -0.25) is 9.59 Å². The zero-order valence-electron chi connectivity index (χ0n) is 9.64. The highest BCUT2D eigenvalue weighted by Crippen LogP contribution is 2.25. The molecule has 1 aromatic carbocycles. The van der Waals surface area contributed by atoms with E-state index in [0.717, 1.165) is 5.56 Å². The van der Waals surface area contributed by atoms with Gasteiger partial charge in [0, 0.05) is 13.0 Å². The minimum absolute atomic E-state index is 0.0177. The molecule has 0 spiro atoms. The van der Waals surface area contributed by atoms with Crippen molar-refractivity contribution in [3.8, 4) is 0 Å². The third kappa shape index (κ3) is 1.52. The van der Waals surface area contributed by atoms with Crippen LogP contribution < -0.4 is 5.32 Å². The summed E-state index contributed by atoms with van der Waals surface area (Å²) in [5.41, 5.74) is 2.32. The molecular formula is C13H14N2O2. The Bertz CT molecular complexity index is 498. The second kappa shape index (κ2) is 3.58. The fourth-order valence-electron chi connectivity index (χ4n) is 2.61. The Hall–Kier alpha value is -1.84. The first kappa shape index (κ1) is 10.3. The third-order valence-electron chi connectivity index (χ3n) is 3.56. The Morgan fingerprint density at radius 1 is 1.24 bits per heavy atom. The predicted octanol–water partition coefficient (Wildman–Crippen LogP) is 0.458. The van der Waals surface area contributed by atoms with Crippen LogP contribution in [0.25, 0.3) is 0 Å². The Morgan fingerprint density at radius 3 is 2.71 bits per heavy atom. The number of fused-ring (bicyclic) bond motifs is 2. The molecule has 88 valence electrons. The van der Waals surface area contributed by atoms with E-state index in [0.29, 0.717) is 13.0 Å². The van der Waals surface area contributed by atoms with Gasteiger partial charge in [0.1, 0.15) is 12.1 Å². The minimum atomic E-state index is -0.399. The summed E-state index contributed by atoms with van der Waals surface area (Å²) in [5.74, 6) is -0.0179. The molecule has 2 amide bonds. The summed E-state index contributed by atoms with van der Waals surface area (Å²) >= 11 is 0. The van der Waals surface area contributed by atoms with Gasteiger partial charge in [0.15, 0.2) is 0 Å². The molecule has 1 saturated heterocycles. The van der Waals surface area contributed by atoms with Crippen LogP contribution in [-0.2, 0) is 22.6 Å². The number of hydrogen-bond acceptors (Lipinski definition) is 2. The lowest BCUT2D eigenvalue weighted by Crippen LogP contribution is -2.63. The van der Waals surface area contributed by atoms with Gasteiger partial charge in [-0.2, -0.15) is 0 Å². The fraction of sp³-hybridized carbons (Fsp3) is 0.385. The number of nitrogens with zero attached hydrogens (tertiary/aromatic N) is 1. The van der Waals surface area contributed by atoms with Crippen molar-refractivity contribution in [3.63, 3.8) is 0 Å². The van der Waals surface area contributed by atoms with Crippen molar-refractivity contribution in [2.24, 2.45) is 0 Å². The van der Waals surface area contributed by atoms with Crippen LogP contribution in [0.15, 0.2) is 24.3 Å². The number of carbonyl (C=O) groups is 2. The van der Waals surface area contributed by atoms with Crippen molar-refractivity contribution in [2.45, 2.75) is 32.0 Å². The molecule has 17 heavy (non-hydrogen) atoms. The first-order valence-corrected chi connectivity index (χ1v) is 5.84. The summed E-state index contributed by atoms with van der Waals surface area (Å²) in [6.45, 7) is 2.29. The fourth-order valence-corrected chi connectivity index (χ4v) is 2.61. The van der Waals surface area contributed by atoms with Crippen LogP contribution in [-0.4, -0.2) is 28.8 Å². The zero-order chi connectivity index (χ0) is 12.0. The molecule has 0 aliphatic carbocycles. The van der Waals surface area contributed by atoms with E-state index in [4.69, 9.17) is 0 Å². The average Bonchev–Trinajstić information content (AvgIpc) is 2.34. The molecule has 3 rings (SSSR count). The van der Waals surface area contributed by atoms with Crippen molar-refractivity contribution < 1.29 is 9.59 Å². The van der Waals surface area contributed by atoms with E-state index in [2.05, 4.69) is 5.32 Å². The van der Waals surface area contributed by atoms with Crippen LogP contribution in [0.2, 0.25) is 0 Å². The predicted molar refractivity (Wildman–Crippen MR) is 62.1 cm³/mol. The molecule has 1 N–H and O–H groups in total. The van der Waals surface area contributed by atoms with Crippen LogP contribution in [0.3, 0.4) is 0 Å². The second-order valence-corrected chi connectivity index (χ2v) is 4.69. The van der Waals surface area contributed by atoms with Gasteiger partial charge in [0.2, 0.25) is 11.8 Å². The van der Waals surface area contributed by atoms with Crippen LogP contribution in [0.5, 0.6) is 0 Å². The highest BCUT2D eigenvalue weighted by Gasteiger charge is 2.40. The highest BCUT2D eigenvalue weighted by atomic mass is 16.2. The molecule has 4 nitrogen and oxygen atoms in total. The maximum absolute atomic E-state index is 12.0. The number of carbonyl (C=O) groups excluding carboxylic acids is 2. The SMILES string of the molecule is C[C@H]1NC(=O)[C@@H]2Cc3ccccc3CN2C1=O. The van der Waals surface area contributed by atoms with Crippen LogP contribution >= 0.6 is 0 Å². The molecule has 0 aromatic heterocycles. The molecular weight excluding hydrogens is 216 g/mol. The number of benzene rings is 1. The summed E-state index contributed by atoms with van der Waals surface area (Å²) in [5, 5.41) is 2.73. The smallest absolute Gasteiger partial charge is 0.245 e. The molecule has 2 aliphatic rings. The molecule has 2 atom stereocenters. The number of nitrogens with one attached hydrogen (secondary N) is 1. The lowest BCUT2D eigenvalue weighted by Gasteiger charge is -2.41. The first-order valence-electron chi connectivity index (χ1n) is 5.84. The van der Waals surface area contributed by atoms with E-state index >= 15 is 0 Å². The van der Waals surface area contributed by atoms with Crippen molar-refractivity contribution >= 4 is 11.8 Å². The number of rotatable bonds is 0. The van der Waals surface area contributed by atoms with Crippen molar-refractivity contribution in [1.29, 1.82) is 0 Å². The van der Waals surface area contributed by atoms with Gasteiger partial charge in [-0.05, 0) is 18.1 Å². The maximum atomic E-state index is 12.0. The standard InChI is InChI=1S/C13H14N2O2/c1-8-13(17)15-7-10-5-3-2-4-9(10)6-11(15)12(16)14-8/h2-5,8,11H,6-7H2,1H3,(H,14,16)/t8-,11+/m1/s1. The molecule has 0 saturated carbocycles. The van der Waals surface area contributed by atoms with E-state index in [1.807, 2.05) is 24.3 Å². The summed E-state index contributed by atoms with van der Waals surface area (Å²) < 4.78 is 0. The van der Waals surface area contributed by atoms with E-state index in [-0.39, 0.29) is 17.9 Å². The van der Waals surface area contributed by atoms with Gasteiger partial charge < -0.3 is 10.2 Å². The largest absolute Gasteiger partial charge is 0.343 e.